The van der Waals surface area contributed by atoms with Crippen LogP contribution >= 0.6 is 0 Å². The lowest BCUT2D eigenvalue weighted by Crippen LogP contribution is -2.32. The van der Waals surface area contributed by atoms with Crippen LogP contribution in [0, 0.1) is 12.8 Å². The summed E-state index contributed by atoms with van der Waals surface area (Å²) in [6.07, 6.45) is 2.52. The molecule has 2 heterocycles. The fraction of sp³-hybridized carbons (Fsp3) is 0.483. The molecule has 0 spiro atoms. The Morgan fingerprint density at radius 3 is 2.62 bits per heavy atom. The second-order valence-electron chi connectivity index (χ2n) is 10.6. The molecular weight excluding hydrogens is 520 g/mol. The molecule has 1 amide bonds. The molecular formula is C29H35F2N5O4. The van der Waals surface area contributed by atoms with Crippen molar-refractivity contribution in [2.75, 3.05) is 45.0 Å². The summed E-state index contributed by atoms with van der Waals surface area (Å²) in [5.74, 6) is -0.696. The summed E-state index contributed by atoms with van der Waals surface area (Å²) in [5.41, 5.74) is 7.22. The number of halogens is 2. The number of likely N-dealkylation sites (tertiary alicyclic amines) is 1. The largest absolute Gasteiger partial charge is 0.493 e. The minimum atomic E-state index is -3.18. The van der Waals surface area contributed by atoms with Crippen LogP contribution in [0.4, 0.5) is 20.3 Å². The van der Waals surface area contributed by atoms with Crippen LogP contribution in [0.5, 0.6) is 11.5 Å². The van der Waals surface area contributed by atoms with Gasteiger partial charge in [-0.15, -0.1) is 0 Å². The second-order valence-corrected chi connectivity index (χ2v) is 10.6. The average Bonchev–Trinajstić information content (AvgIpc) is 3.66. The number of amides is 1. The van der Waals surface area contributed by atoms with Crippen molar-refractivity contribution in [2.45, 2.75) is 51.2 Å². The molecule has 1 aliphatic carbocycles. The summed E-state index contributed by atoms with van der Waals surface area (Å²) in [7, 11) is 2.80. The predicted octanol–water partition coefficient (Wildman–Crippen LogP) is 4.83. The molecule has 2 atom stereocenters. The van der Waals surface area contributed by atoms with Crippen molar-refractivity contribution in [3.05, 3.63) is 47.3 Å². The molecule has 0 unspecified atom stereocenters. The molecule has 1 aliphatic heterocycles. The molecule has 1 saturated carbocycles. The average molecular weight is 556 g/mol. The molecule has 2 fully saturated rings. The van der Waals surface area contributed by atoms with Crippen molar-refractivity contribution in [3.63, 3.8) is 0 Å². The van der Waals surface area contributed by atoms with E-state index in [2.05, 4.69) is 15.3 Å². The molecule has 1 saturated heterocycles. The number of rotatable bonds is 10. The molecule has 2 aliphatic rings. The zero-order chi connectivity index (χ0) is 28.6. The van der Waals surface area contributed by atoms with E-state index in [1.807, 2.05) is 17.9 Å². The summed E-state index contributed by atoms with van der Waals surface area (Å²) in [6.45, 7) is 4.09. The molecule has 0 radical (unpaired) electrons. The summed E-state index contributed by atoms with van der Waals surface area (Å²) < 4.78 is 45.8. The molecule has 1 aromatic heterocycles. The lowest BCUT2D eigenvalue weighted by atomic mass is 10.00. The summed E-state index contributed by atoms with van der Waals surface area (Å²) >= 11 is 0. The molecule has 214 valence electrons. The quantitative estimate of drug-likeness (QED) is 0.342. The summed E-state index contributed by atoms with van der Waals surface area (Å²) in [5, 5.41) is 4.03. The number of ether oxygens (including phenoxy) is 3. The highest BCUT2D eigenvalue weighted by Gasteiger charge is 2.37. The Morgan fingerprint density at radius 1 is 1.15 bits per heavy atom. The van der Waals surface area contributed by atoms with Gasteiger partial charge in [-0.1, -0.05) is 0 Å². The second kappa shape index (κ2) is 11.0. The highest BCUT2D eigenvalue weighted by atomic mass is 19.3. The molecule has 2 aromatic carbocycles. The van der Waals surface area contributed by atoms with Gasteiger partial charge in [-0.05, 0) is 56.5 Å². The molecule has 0 bridgehead atoms. The standard InChI is InChI=1S/C29H35F2N5O4/c1-16(19-9-20(11-21(32)10-19)29(30,31)15-38-3)33-27-23-12-26(25(39-4)13-24(23)34-17(2)35-27)40-22-7-8-36(14-22)28(37)18-5-6-18/h9-13,16,18,22H,5-8,14-15,32H2,1-4H3,(H,33,34,35)/t16-,22+/m1/s1. The first-order chi connectivity index (χ1) is 19.1. The van der Waals surface area contributed by atoms with Gasteiger partial charge >= 0.3 is 0 Å². The van der Waals surface area contributed by atoms with Crippen molar-refractivity contribution >= 4 is 28.3 Å². The van der Waals surface area contributed by atoms with E-state index in [1.165, 1.54) is 19.2 Å². The van der Waals surface area contributed by atoms with Crippen molar-refractivity contribution in [2.24, 2.45) is 5.92 Å². The van der Waals surface area contributed by atoms with Gasteiger partial charge in [0.2, 0.25) is 5.91 Å². The van der Waals surface area contributed by atoms with Crippen LogP contribution in [0.25, 0.3) is 10.9 Å². The Balaban J connectivity index is 1.42. The van der Waals surface area contributed by atoms with E-state index in [0.29, 0.717) is 52.7 Å². The minimum Gasteiger partial charge on any atom is -0.493 e. The number of hydrogen-bond donors (Lipinski definition) is 2. The highest BCUT2D eigenvalue weighted by molar-refractivity contribution is 5.92. The zero-order valence-corrected chi connectivity index (χ0v) is 23.2. The maximum atomic E-state index is 14.6. The van der Waals surface area contributed by atoms with Gasteiger partial charge in [-0.25, -0.2) is 9.97 Å². The summed E-state index contributed by atoms with van der Waals surface area (Å²) in [6, 6.07) is 7.55. The van der Waals surface area contributed by atoms with Gasteiger partial charge in [0.1, 0.15) is 24.4 Å². The first-order valence-corrected chi connectivity index (χ1v) is 13.4. The van der Waals surface area contributed by atoms with E-state index in [4.69, 9.17) is 19.9 Å². The lowest BCUT2D eigenvalue weighted by molar-refractivity contribution is -0.131. The van der Waals surface area contributed by atoms with E-state index >= 15 is 0 Å². The number of alkyl halides is 2. The number of methoxy groups -OCH3 is 2. The topological polar surface area (TPSA) is 112 Å². The van der Waals surface area contributed by atoms with Crippen molar-refractivity contribution in [1.82, 2.24) is 14.9 Å². The van der Waals surface area contributed by atoms with E-state index < -0.39 is 18.6 Å². The number of nitrogens with zero attached hydrogens (tertiary/aromatic N) is 3. The number of nitrogen functional groups attached to an aromatic ring is 1. The van der Waals surface area contributed by atoms with E-state index in [0.717, 1.165) is 19.3 Å². The number of benzene rings is 2. The fourth-order valence-electron chi connectivity index (χ4n) is 5.10. The van der Waals surface area contributed by atoms with Crippen LogP contribution in [-0.2, 0) is 15.5 Å². The number of nitrogens with one attached hydrogen (secondary N) is 1. The van der Waals surface area contributed by atoms with Gasteiger partial charge in [0, 0.05) is 48.7 Å². The third-order valence-corrected chi connectivity index (χ3v) is 7.35. The number of carbonyl (C=O) groups is 1. The zero-order valence-electron chi connectivity index (χ0n) is 23.2. The SMILES string of the molecule is COCC(F)(F)c1cc(N)cc([C@@H](C)Nc2nc(C)nc3cc(OC)c(O[C@H]4CCN(C(=O)C5CC5)C4)cc23)c1. The number of anilines is 2. The van der Waals surface area contributed by atoms with Gasteiger partial charge < -0.3 is 30.2 Å². The Bertz CT molecular complexity index is 1410. The normalized spacial score (nSPS) is 18.1. The van der Waals surface area contributed by atoms with Crippen LogP contribution < -0.4 is 20.5 Å². The van der Waals surface area contributed by atoms with Crippen LogP contribution in [0.3, 0.4) is 0 Å². The Labute approximate surface area is 232 Å². The van der Waals surface area contributed by atoms with Gasteiger partial charge in [-0.2, -0.15) is 8.78 Å². The van der Waals surface area contributed by atoms with E-state index in [-0.39, 0.29) is 29.2 Å². The minimum absolute atomic E-state index is 0.157. The van der Waals surface area contributed by atoms with Gasteiger partial charge in [-0.3, -0.25) is 4.79 Å². The first kappa shape index (κ1) is 27.8. The van der Waals surface area contributed by atoms with Gasteiger partial charge in [0.15, 0.2) is 11.5 Å². The van der Waals surface area contributed by atoms with Crippen molar-refractivity contribution in [3.8, 4) is 11.5 Å². The third kappa shape index (κ3) is 5.89. The molecule has 3 N–H and O–H groups in total. The lowest BCUT2D eigenvalue weighted by Gasteiger charge is -2.22. The van der Waals surface area contributed by atoms with Crippen LogP contribution in [0.2, 0.25) is 0 Å². The smallest absolute Gasteiger partial charge is 0.296 e. The molecule has 9 nitrogen and oxygen atoms in total. The number of fused-ring (bicyclic) bond motifs is 1. The molecule has 11 heteroatoms. The number of hydrogen-bond acceptors (Lipinski definition) is 8. The molecule has 5 rings (SSSR count). The maximum Gasteiger partial charge on any atom is 0.296 e. The predicted molar refractivity (Wildman–Crippen MR) is 148 cm³/mol. The van der Waals surface area contributed by atoms with Crippen LogP contribution in [0.1, 0.15) is 49.2 Å². The number of carbonyl (C=O) groups excluding carboxylic acids is 1. The Hall–Kier alpha value is -3.73. The summed E-state index contributed by atoms with van der Waals surface area (Å²) in [4.78, 5) is 23.6. The Kier molecular flexibility index (Phi) is 7.67. The van der Waals surface area contributed by atoms with Crippen LogP contribution in [-0.4, -0.2) is 60.8 Å². The maximum absolute atomic E-state index is 14.6. The van der Waals surface area contributed by atoms with Crippen LogP contribution in [0.15, 0.2) is 30.3 Å². The van der Waals surface area contributed by atoms with Gasteiger partial charge in [0.05, 0.1) is 25.2 Å². The molecule has 3 aromatic rings. The number of aryl methyl sites for hydroxylation is 1. The van der Waals surface area contributed by atoms with E-state index in [1.54, 1.807) is 26.2 Å². The monoisotopic (exact) mass is 555 g/mol. The number of nitrogens with two attached hydrogens (primary N) is 1. The third-order valence-electron chi connectivity index (χ3n) is 7.35. The first-order valence-electron chi connectivity index (χ1n) is 13.4. The fourth-order valence-corrected chi connectivity index (χ4v) is 5.10. The van der Waals surface area contributed by atoms with E-state index in [9.17, 15) is 13.6 Å². The van der Waals surface area contributed by atoms with Crippen molar-refractivity contribution in [1.29, 1.82) is 0 Å². The highest BCUT2D eigenvalue weighted by Crippen LogP contribution is 2.38. The van der Waals surface area contributed by atoms with Crippen molar-refractivity contribution < 1.29 is 27.8 Å². The molecule has 40 heavy (non-hydrogen) atoms. The number of aromatic nitrogens is 2. The Morgan fingerprint density at radius 2 is 1.93 bits per heavy atom. The van der Waals surface area contributed by atoms with Gasteiger partial charge in [0.25, 0.3) is 5.92 Å².